The number of aliphatic imine (C=N–C) groups is 1. The summed E-state index contributed by atoms with van der Waals surface area (Å²) < 4.78 is 7.75. The van der Waals surface area contributed by atoms with E-state index in [1.807, 2.05) is 18.2 Å². The van der Waals surface area contributed by atoms with Gasteiger partial charge < -0.3 is 19.9 Å². The first-order valence-corrected chi connectivity index (χ1v) is 10.9. The molecule has 166 valence electrons. The van der Waals surface area contributed by atoms with Crippen molar-refractivity contribution in [2.24, 2.45) is 4.99 Å². The Morgan fingerprint density at radius 2 is 2.00 bits per heavy atom. The SMILES string of the molecule is CCNC(=NCCCc1nnc2n1CCCCC2)NCCc1ccccc1OC.I. The van der Waals surface area contributed by atoms with Crippen molar-refractivity contribution in [3.05, 3.63) is 41.5 Å². The molecule has 0 unspecified atom stereocenters. The molecule has 2 N–H and O–H groups in total. The summed E-state index contributed by atoms with van der Waals surface area (Å²) in [5.74, 6) is 4.07. The van der Waals surface area contributed by atoms with Crippen LogP contribution >= 0.6 is 24.0 Å². The fourth-order valence-electron chi connectivity index (χ4n) is 3.73. The first-order valence-electron chi connectivity index (χ1n) is 10.9. The fraction of sp³-hybridized carbons (Fsp3) is 0.591. The minimum absolute atomic E-state index is 0. The highest BCUT2D eigenvalue weighted by molar-refractivity contribution is 14.0. The molecule has 2 aromatic rings. The number of benzene rings is 1. The maximum Gasteiger partial charge on any atom is 0.191 e. The van der Waals surface area contributed by atoms with Crippen LogP contribution in [0, 0.1) is 0 Å². The van der Waals surface area contributed by atoms with Gasteiger partial charge in [-0.15, -0.1) is 34.2 Å². The Morgan fingerprint density at radius 1 is 1.13 bits per heavy atom. The summed E-state index contributed by atoms with van der Waals surface area (Å²) in [4.78, 5) is 4.72. The van der Waals surface area contributed by atoms with Gasteiger partial charge in [-0.1, -0.05) is 24.6 Å². The lowest BCUT2D eigenvalue weighted by atomic mass is 10.1. The Labute approximate surface area is 197 Å². The smallest absolute Gasteiger partial charge is 0.191 e. The molecule has 30 heavy (non-hydrogen) atoms. The third-order valence-electron chi connectivity index (χ3n) is 5.24. The van der Waals surface area contributed by atoms with Crippen molar-refractivity contribution >= 4 is 29.9 Å². The topological polar surface area (TPSA) is 76.4 Å². The van der Waals surface area contributed by atoms with Crippen molar-refractivity contribution in [3.8, 4) is 5.75 Å². The van der Waals surface area contributed by atoms with Crippen molar-refractivity contribution in [2.45, 2.75) is 58.4 Å². The van der Waals surface area contributed by atoms with Gasteiger partial charge in [0.25, 0.3) is 0 Å². The Balaban J connectivity index is 0.00000320. The molecule has 0 amide bonds. The maximum absolute atomic E-state index is 5.43. The molecule has 0 radical (unpaired) electrons. The zero-order valence-electron chi connectivity index (χ0n) is 18.2. The van der Waals surface area contributed by atoms with E-state index in [2.05, 4.69) is 38.4 Å². The Bertz CT molecular complexity index is 792. The highest BCUT2D eigenvalue weighted by Crippen LogP contribution is 2.17. The maximum atomic E-state index is 5.43. The number of nitrogens with one attached hydrogen (secondary N) is 2. The number of fused-ring (bicyclic) bond motifs is 1. The van der Waals surface area contributed by atoms with Crippen LogP contribution in [0.1, 0.15) is 49.8 Å². The molecule has 2 heterocycles. The van der Waals surface area contributed by atoms with Crippen molar-refractivity contribution in [1.82, 2.24) is 25.4 Å². The van der Waals surface area contributed by atoms with E-state index in [0.29, 0.717) is 0 Å². The monoisotopic (exact) mass is 526 g/mol. The van der Waals surface area contributed by atoms with Crippen LogP contribution in [0.5, 0.6) is 5.75 Å². The van der Waals surface area contributed by atoms with Crippen molar-refractivity contribution < 1.29 is 4.74 Å². The quantitative estimate of drug-likeness (QED) is 0.227. The second-order valence-electron chi connectivity index (χ2n) is 7.35. The highest BCUT2D eigenvalue weighted by Gasteiger charge is 2.14. The predicted molar refractivity (Wildman–Crippen MR) is 132 cm³/mol. The second kappa shape index (κ2) is 13.5. The van der Waals surface area contributed by atoms with Gasteiger partial charge in [0.2, 0.25) is 0 Å². The van der Waals surface area contributed by atoms with Crippen LogP contribution in [0.3, 0.4) is 0 Å². The summed E-state index contributed by atoms with van der Waals surface area (Å²) in [7, 11) is 1.71. The first kappa shape index (κ1) is 24.4. The summed E-state index contributed by atoms with van der Waals surface area (Å²) >= 11 is 0. The molecule has 3 rings (SSSR count). The van der Waals surface area contributed by atoms with Crippen molar-refractivity contribution in [3.63, 3.8) is 0 Å². The minimum atomic E-state index is 0. The molecule has 1 aromatic heterocycles. The molecule has 0 spiro atoms. The number of para-hydroxylation sites is 1. The van der Waals surface area contributed by atoms with Crippen LogP contribution in [0.2, 0.25) is 0 Å². The predicted octanol–water partition coefficient (Wildman–Crippen LogP) is 3.36. The standard InChI is InChI=1S/C22H34N6O.HI/c1-3-23-22(25-16-14-18-10-6-7-11-19(18)29-2)24-15-9-13-21-27-26-20-12-5-4-8-17-28(20)21;/h6-7,10-11H,3-5,8-9,12-17H2,1-2H3,(H2,23,24,25);1H. The molecule has 7 nitrogen and oxygen atoms in total. The summed E-state index contributed by atoms with van der Waals surface area (Å²) in [5.41, 5.74) is 1.20. The number of nitrogens with zero attached hydrogens (tertiary/aromatic N) is 4. The van der Waals surface area contributed by atoms with Gasteiger partial charge in [0.1, 0.15) is 17.4 Å². The molecule has 0 bridgehead atoms. The van der Waals surface area contributed by atoms with E-state index >= 15 is 0 Å². The van der Waals surface area contributed by atoms with Gasteiger partial charge in [0.05, 0.1) is 7.11 Å². The third kappa shape index (κ3) is 7.14. The van der Waals surface area contributed by atoms with Crippen molar-refractivity contribution in [2.75, 3.05) is 26.7 Å². The van der Waals surface area contributed by atoms with E-state index in [0.717, 1.165) is 75.2 Å². The lowest BCUT2D eigenvalue weighted by Crippen LogP contribution is -2.38. The average molecular weight is 526 g/mol. The van der Waals surface area contributed by atoms with Gasteiger partial charge in [-0.25, -0.2) is 0 Å². The third-order valence-corrected chi connectivity index (χ3v) is 5.24. The van der Waals surface area contributed by atoms with E-state index in [-0.39, 0.29) is 24.0 Å². The minimum Gasteiger partial charge on any atom is -0.496 e. The molecule has 0 fully saturated rings. The Kier molecular flexibility index (Phi) is 11.0. The number of halogens is 1. The molecule has 0 saturated carbocycles. The van der Waals surface area contributed by atoms with Gasteiger partial charge in [0.15, 0.2) is 5.96 Å². The normalized spacial score (nSPS) is 13.7. The largest absolute Gasteiger partial charge is 0.496 e. The molecular weight excluding hydrogens is 491 g/mol. The zero-order valence-corrected chi connectivity index (χ0v) is 20.5. The molecule has 0 atom stereocenters. The lowest BCUT2D eigenvalue weighted by Gasteiger charge is -2.13. The lowest BCUT2D eigenvalue weighted by molar-refractivity contribution is 0.409. The molecule has 0 aliphatic carbocycles. The van der Waals surface area contributed by atoms with E-state index in [1.165, 1.54) is 24.8 Å². The fourth-order valence-corrected chi connectivity index (χ4v) is 3.73. The summed E-state index contributed by atoms with van der Waals surface area (Å²) in [5, 5.41) is 15.5. The van der Waals surface area contributed by atoms with Crippen LogP contribution < -0.4 is 15.4 Å². The number of hydrogen-bond acceptors (Lipinski definition) is 4. The Hall–Kier alpha value is -1.84. The van der Waals surface area contributed by atoms with Gasteiger partial charge in [-0.2, -0.15) is 0 Å². The molecule has 8 heteroatoms. The van der Waals surface area contributed by atoms with Crippen LogP contribution in [-0.2, 0) is 25.8 Å². The van der Waals surface area contributed by atoms with Gasteiger partial charge in [-0.3, -0.25) is 4.99 Å². The highest BCUT2D eigenvalue weighted by atomic mass is 127. The van der Waals surface area contributed by atoms with Crippen LogP contribution in [0.4, 0.5) is 0 Å². The number of aryl methyl sites for hydroxylation is 2. The van der Waals surface area contributed by atoms with E-state index < -0.39 is 0 Å². The molecule has 1 aliphatic heterocycles. The molecule has 1 aliphatic rings. The Morgan fingerprint density at radius 3 is 2.83 bits per heavy atom. The number of rotatable bonds is 9. The van der Waals surface area contributed by atoms with Crippen molar-refractivity contribution in [1.29, 1.82) is 0 Å². The second-order valence-corrected chi connectivity index (χ2v) is 7.35. The van der Waals surface area contributed by atoms with E-state index in [4.69, 9.17) is 9.73 Å². The summed E-state index contributed by atoms with van der Waals surface area (Å²) in [6, 6.07) is 8.14. The van der Waals surface area contributed by atoms with Crippen LogP contribution in [0.15, 0.2) is 29.3 Å². The molecule has 1 aromatic carbocycles. The van der Waals surface area contributed by atoms with E-state index in [9.17, 15) is 0 Å². The van der Waals surface area contributed by atoms with Gasteiger partial charge >= 0.3 is 0 Å². The first-order chi connectivity index (χ1) is 14.3. The summed E-state index contributed by atoms with van der Waals surface area (Å²) in [6.45, 7) is 5.57. The number of guanidine groups is 1. The molecular formula is C22H35IN6O. The van der Waals surface area contributed by atoms with Gasteiger partial charge in [0, 0.05) is 39.0 Å². The van der Waals surface area contributed by atoms with Crippen LogP contribution in [0.25, 0.3) is 0 Å². The van der Waals surface area contributed by atoms with E-state index in [1.54, 1.807) is 7.11 Å². The summed E-state index contributed by atoms with van der Waals surface area (Å²) in [6.07, 6.45) is 7.61. The number of ether oxygens (including phenoxy) is 1. The molecule has 0 saturated heterocycles. The van der Waals surface area contributed by atoms with Gasteiger partial charge in [-0.05, 0) is 44.2 Å². The zero-order chi connectivity index (χ0) is 20.3. The number of aromatic nitrogens is 3. The number of hydrogen-bond donors (Lipinski definition) is 2. The average Bonchev–Trinajstić information content (AvgIpc) is 2.97. The number of methoxy groups -OCH3 is 1. The van der Waals surface area contributed by atoms with Crippen LogP contribution in [-0.4, -0.2) is 47.5 Å².